The van der Waals surface area contributed by atoms with E-state index in [9.17, 15) is 9.59 Å². The number of carbonyl (C=O) groups excluding carboxylic acids is 2. The average molecular weight is 419 g/mol. The van der Waals surface area contributed by atoms with Crippen LogP contribution in [0.15, 0.2) is 47.6 Å². The zero-order valence-electron chi connectivity index (χ0n) is 17.3. The van der Waals surface area contributed by atoms with Crippen molar-refractivity contribution < 1.29 is 9.59 Å². The summed E-state index contributed by atoms with van der Waals surface area (Å²) in [7, 11) is 0. The Labute approximate surface area is 178 Å². The standard InChI is InChI=1S/C23H22N4O2S/c1-13-9-15(3)22-19(10-13)14(2)11-21-25-26-23(27(21)22)30-12-20(29)17-5-7-18(8-6-17)24-16(4)28/h5-11H,12H2,1-4H3,(H,24,28). The molecular formula is C23H22N4O2S. The number of nitrogens with zero attached hydrogens (tertiary/aromatic N) is 3. The average Bonchev–Trinajstić information content (AvgIpc) is 3.08. The Kier molecular flexibility index (Phi) is 5.30. The molecule has 0 spiro atoms. The molecule has 0 bridgehead atoms. The number of aromatic nitrogens is 3. The van der Waals surface area contributed by atoms with Crippen molar-refractivity contribution in [1.82, 2.24) is 14.6 Å². The summed E-state index contributed by atoms with van der Waals surface area (Å²) >= 11 is 1.38. The monoisotopic (exact) mass is 418 g/mol. The summed E-state index contributed by atoms with van der Waals surface area (Å²) in [4.78, 5) is 23.8. The largest absolute Gasteiger partial charge is 0.326 e. The fourth-order valence-corrected chi connectivity index (χ4v) is 4.50. The number of fused-ring (bicyclic) bond motifs is 3. The SMILES string of the molecule is CC(=O)Nc1ccc(C(=O)CSc2nnc3cc(C)c4cc(C)cc(C)c4n23)cc1. The molecule has 1 amide bonds. The lowest BCUT2D eigenvalue weighted by Crippen LogP contribution is -2.07. The number of nitrogens with one attached hydrogen (secondary N) is 1. The van der Waals surface area contributed by atoms with Crippen LogP contribution in [0.2, 0.25) is 0 Å². The van der Waals surface area contributed by atoms with Crippen LogP contribution in [0.1, 0.15) is 34.0 Å². The Hall–Kier alpha value is -3.19. The summed E-state index contributed by atoms with van der Waals surface area (Å²) in [5.74, 6) is 0.104. The summed E-state index contributed by atoms with van der Waals surface area (Å²) in [6.45, 7) is 7.71. The molecule has 0 atom stereocenters. The van der Waals surface area contributed by atoms with Crippen LogP contribution in [-0.2, 0) is 4.79 Å². The second-order valence-electron chi connectivity index (χ2n) is 7.45. The molecule has 2 aromatic heterocycles. The van der Waals surface area contributed by atoms with Gasteiger partial charge in [-0.25, -0.2) is 0 Å². The van der Waals surface area contributed by atoms with Crippen molar-refractivity contribution in [1.29, 1.82) is 0 Å². The Bertz CT molecular complexity index is 1290. The molecule has 0 aliphatic carbocycles. The van der Waals surface area contributed by atoms with Crippen molar-refractivity contribution in [3.63, 3.8) is 0 Å². The topological polar surface area (TPSA) is 76.4 Å². The van der Waals surface area contributed by atoms with Crippen LogP contribution in [0.25, 0.3) is 16.6 Å². The Morgan fingerprint density at radius 3 is 2.43 bits per heavy atom. The van der Waals surface area contributed by atoms with Gasteiger partial charge in [-0.05, 0) is 68.3 Å². The number of amides is 1. The number of hydrogen-bond donors (Lipinski definition) is 1. The van der Waals surface area contributed by atoms with E-state index in [-0.39, 0.29) is 17.4 Å². The number of thioether (sulfide) groups is 1. The van der Waals surface area contributed by atoms with Crippen LogP contribution in [0.4, 0.5) is 5.69 Å². The minimum atomic E-state index is -0.142. The highest BCUT2D eigenvalue weighted by Gasteiger charge is 2.15. The molecule has 0 saturated carbocycles. The van der Waals surface area contributed by atoms with Crippen LogP contribution < -0.4 is 5.32 Å². The number of rotatable bonds is 5. The predicted molar refractivity (Wildman–Crippen MR) is 121 cm³/mol. The number of carbonyl (C=O) groups is 2. The zero-order chi connectivity index (χ0) is 21.4. The van der Waals surface area contributed by atoms with Crippen molar-refractivity contribution >= 4 is 45.7 Å². The van der Waals surface area contributed by atoms with Gasteiger partial charge in [-0.15, -0.1) is 10.2 Å². The van der Waals surface area contributed by atoms with E-state index in [1.165, 1.54) is 29.6 Å². The van der Waals surface area contributed by atoms with Crippen molar-refractivity contribution in [3.8, 4) is 0 Å². The minimum Gasteiger partial charge on any atom is -0.326 e. The molecule has 2 aromatic carbocycles. The fraction of sp³-hybridized carbons (Fsp3) is 0.217. The van der Waals surface area contributed by atoms with Gasteiger partial charge in [0.2, 0.25) is 5.91 Å². The van der Waals surface area contributed by atoms with E-state index in [1.54, 1.807) is 24.3 Å². The molecule has 0 unspecified atom stereocenters. The second-order valence-corrected chi connectivity index (χ2v) is 8.39. The van der Waals surface area contributed by atoms with Gasteiger partial charge in [-0.3, -0.25) is 14.0 Å². The lowest BCUT2D eigenvalue weighted by Gasteiger charge is -2.11. The van der Waals surface area contributed by atoms with E-state index in [0.29, 0.717) is 16.4 Å². The van der Waals surface area contributed by atoms with Crippen LogP contribution >= 0.6 is 11.8 Å². The first-order valence-electron chi connectivity index (χ1n) is 9.63. The molecule has 7 heteroatoms. The molecular weight excluding hydrogens is 396 g/mol. The Balaban J connectivity index is 1.62. The van der Waals surface area contributed by atoms with E-state index < -0.39 is 0 Å². The summed E-state index contributed by atoms with van der Waals surface area (Å²) < 4.78 is 2.04. The molecule has 0 aliphatic rings. The van der Waals surface area contributed by atoms with Crippen molar-refractivity contribution in [3.05, 3.63) is 64.7 Å². The van der Waals surface area contributed by atoms with Gasteiger partial charge in [0.15, 0.2) is 16.6 Å². The number of Topliss-reactive ketones (excluding diaryl/α,β-unsaturated/α-hetero) is 1. The fourth-order valence-electron chi connectivity index (χ4n) is 3.66. The van der Waals surface area contributed by atoms with Crippen molar-refractivity contribution in [2.45, 2.75) is 32.9 Å². The van der Waals surface area contributed by atoms with Gasteiger partial charge in [0.25, 0.3) is 0 Å². The van der Waals surface area contributed by atoms with E-state index in [0.717, 1.165) is 22.3 Å². The third kappa shape index (κ3) is 3.80. The highest BCUT2D eigenvalue weighted by atomic mass is 32.2. The predicted octanol–water partition coefficient (Wildman–Crippen LogP) is 4.74. The summed E-state index contributed by atoms with van der Waals surface area (Å²) in [6, 6.07) is 13.3. The van der Waals surface area contributed by atoms with Crippen LogP contribution in [0, 0.1) is 20.8 Å². The molecule has 4 rings (SSSR count). The summed E-state index contributed by atoms with van der Waals surface area (Å²) in [5, 5.41) is 13.2. The van der Waals surface area contributed by atoms with Gasteiger partial charge in [-0.1, -0.05) is 23.4 Å². The summed E-state index contributed by atoms with van der Waals surface area (Å²) in [5.41, 5.74) is 6.64. The Morgan fingerprint density at radius 2 is 1.73 bits per heavy atom. The van der Waals surface area contributed by atoms with Gasteiger partial charge in [0.1, 0.15) is 0 Å². The molecule has 0 saturated heterocycles. The zero-order valence-corrected chi connectivity index (χ0v) is 18.1. The molecule has 1 N–H and O–H groups in total. The van der Waals surface area contributed by atoms with Crippen LogP contribution in [0.5, 0.6) is 0 Å². The number of hydrogen-bond acceptors (Lipinski definition) is 5. The van der Waals surface area contributed by atoms with Gasteiger partial charge >= 0.3 is 0 Å². The lowest BCUT2D eigenvalue weighted by atomic mass is 10.0. The molecule has 0 radical (unpaired) electrons. The molecule has 6 nitrogen and oxygen atoms in total. The van der Waals surface area contributed by atoms with Gasteiger partial charge < -0.3 is 5.32 Å². The molecule has 4 aromatic rings. The lowest BCUT2D eigenvalue weighted by molar-refractivity contribution is -0.114. The second kappa shape index (κ2) is 7.91. The van der Waals surface area contributed by atoms with Crippen molar-refractivity contribution in [2.24, 2.45) is 0 Å². The highest BCUT2D eigenvalue weighted by molar-refractivity contribution is 7.99. The maximum absolute atomic E-state index is 12.7. The first-order valence-corrected chi connectivity index (χ1v) is 10.6. The first-order chi connectivity index (χ1) is 14.3. The molecule has 30 heavy (non-hydrogen) atoms. The molecule has 0 fully saturated rings. The molecule has 152 valence electrons. The Morgan fingerprint density at radius 1 is 1.00 bits per heavy atom. The molecule has 2 heterocycles. The number of pyridine rings is 1. The quantitative estimate of drug-likeness (QED) is 0.374. The normalized spacial score (nSPS) is 11.2. The third-order valence-electron chi connectivity index (χ3n) is 4.96. The highest BCUT2D eigenvalue weighted by Crippen LogP contribution is 2.29. The number of ketones is 1. The number of benzene rings is 2. The van der Waals surface area contributed by atoms with Gasteiger partial charge in [-0.2, -0.15) is 0 Å². The maximum atomic E-state index is 12.7. The van der Waals surface area contributed by atoms with Crippen LogP contribution in [0.3, 0.4) is 0 Å². The van der Waals surface area contributed by atoms with E-state index in [1.807, 2.05) is 10.5 Å². The number of aryl methyl sites for hydroxylation is 3. The smallest absolute Gasteiger partial charge is 0.221 e. The minimum absolute atomic E-state index is 0.00453. The van der Waals surface area contributed by atoms with E-state index in [2.05, 4.69) is 48.4 Å². The van der Waals surface area contributed by atoms with E-state index in [4.69, 9.17) is 0 Å². The summed E-state index contributed by atoms with van der Waals surface area (Å²) in [6.07, 6.45) is 0. The van der Waals surface area contributed by atoms with Crippen LogP contribution in [-0.4, -0.2) is 32.0 Å². The van der Waals surface area contributed by atoms with Gasteiger partial charge in [0, 0.05) is 23.6 Å². The first kappa shape index (κ1) is 20.1. The maximum Gasteiger partial charge on any atom is 0.221 e. The third-order valence-corrected chi connectivity index (χ3v) is 5.89. The van der Waals surface area contributed by atoms with Crippen molar-refractivity contribution in [2.75, 3.05) is 11.1 Å². The molecule has 0 aliphatic heterocycles. The number of anilines is 1. The van der Waals surface area contributed by atoms with Gasteiger partial charge in [0.05, 0.1) is 11.3 Å². The van der Waals surface area contributed by atoms with E-state index >= 15 is 0 Å².